The van der Waals surface area contributed by atoms with Gasteiger partial charge in [0.25, 0.3) is 0 Å². The van der Waals surface area contributed by atoms with E-state index >= 15 is 0 Å². The molecule has 150 valence electrons. The average molecular weight is 547 g/mol. The Morgan fingerprint density at radius 2 is 1.93 bits per heavy atom. The summed E-state index contributed by atoms with van der Waals surface area (Å²) in [5.41, 5.74) is 1.93. The molecule has 3 aromatic rings. The molecule has 29 heavy (non-hydrogen) atoms. The van der Waals surface area contributed by atoms with Crippen molar-refractivity contribution in [2.24, 2.45) is 0 Å². The summed E-state index contributed by atoms with van der Waals surface area (Å²) >= 11 is 14.6. The van der Waals surface area contributed by atoms with Crippen LogP contribution in [0, 0.1) is 5.82 Å². The minimum absolute atomic E-state index is 0.000338. The summed E-state index contributed by atoms with van der Waals surface area (Å²) in [4.78, 5) is 28.4. The van der Waals surface area contributed by atoms with Gasteiger partial charge < -0.3 is 10.6 Å². The van der Waals surface area contributed by atoms with E-state index in [-0.39, 0.29) is 22.6 Å². The van der Waals surface area contributed by atoms with Crippen LogP contribution in [0.25, 0.3) is 0 Å². The predicted molar refractivity (Wildman–Crippen MR) is 121 cm³/mol. The van der Waals surface area contributed by atoms with Gasteiger partial charge in [0, 0.05) is 18.7 Å². The zero-order valence-electron chi connectivity index (χ0n) is 14.7. The largest absolute Gasteiger partial charge is 0.365 e. The molecule has 0 bridgehead atoms. The summed E-state index contributed by atoms with van der Waals surface area (Å²) in [6.45, 7) is 0.134. The number of nitrogens with zero attached hydrogens (tertiary/aromatic N) is 1. The lowest BCUT2D eigenvalue weighted by molar-refractivity contribution is -0.108. The number of carbonyl (C=O) groups excluding carboxylic acids is 1. The van der Waals surface area contributed by atoms with Crippen molar-refractivity contribution in [3.05, 3.63) is 80.1 Å². The van der Waals surface area contributed by atoms with Crippen LogP contribution >= 0.6 is 45.8 Å². The standard InChI is InChI=1S/C19H14Cl2FIN4O2/c20-12-6-5-11(8-24-18-13(22)9-25-19(29)27-18)16(21)17(12)26-14-4-2-1-3-10(14)7-15(23)28/h1-6,9,26H,7-8H2,(H2,24,25,27,29). The third-order valence-corrected chi connectivity index (χ3v) is 5.13. The lowest BCUT2D eigenvalue weighted by atomic mass is 10.1. The molecular formula is C19H14Cl2FIN4O2. The van der Waals surface area contributed by atoms with Crippen molar-refractivity contribution in [3.8, 4) is 0 Å². The van der Waals surface area contributed by atoms with Gasteiger partial charge in [-0.1, -0.05) is 47.5 Å². The number of nitrogens with one attached hydrogen (secondary N) is 3. The fourth-order valence-corrected chi connectivity index (χ4v) is 3.56. The van der Waals surface area contributed by atoms with Gasteiger partial charge >= 0.3 is 5.69 Å². The molecule has 0 spiro atoms. The number of halogens is 4. The molecule has 2 aromatic carbocycles. The molecule has 10 heteroatoms. The molecule has 0 saturated heterocycles. The smallest absolute Gasteiger partial charge is 0.346 e. The van der Waals surface area contributed by atoms with Crippen LogP contribution in [0.5, 0.6) is 0 Å². The fraction of sp³-hybridized carbons (Fsp3) is 0.105. The Kier molecular flexibility index (Phi) is 7.09. The summed E-state index contributed by atoms with van der Waals surface area (Å²) in [5, 5.41) is 6.69. The van der Waals surface area contributed by atoms with Crippen LogP contribution in [0.3, 0.4) is 0 Å². The summed E-state index contributed by atoms with van der Waals surface area (Å²) < 4.78 is 13.8. The Hall–Kier alpha value is -2.17. The van der Waals surface area contributed by atoms with Gasteiger partial charge in [-0.25, -0.2) is 9.18 Å². The number of hydrogen-bond donors (Lipinski definition) is 3. The van der Waals surface area contributed by atoms with Crippen molar-refractivity contribution >= 4 is 66.8 Å². The molecule has 0 amide bonds. The van der Waals surface area contributed by atoms with Crippen molar-refractivity contribution < 1.29 is 9.18 Å². The molecule has 0 atom stereocenters. The second-order valence-corrected chi connectivity index (χ2v) is 7.96. The van der Waals surface area contributed by atoms with Gasteiger partial charge in [-0.15, -0.1) is 0 Å². The zero-order chi connectivity index (χ0) is 21.0. The number of benzene rings is 2. The molecule has 3 rings (SSSR count). The molecule has 6 nitrogen and oxygen atoms in total. The summed E-state index contributed by atoms with van der Waals surface area (Å²) in [7, 11) is 0. The van der Waals surface area contributed by atoms with Gasteiger partial charge in [-0.3, -0.25) is 9.78 Å². The van der Waals surface area contributed by atoms with E-state index in [0.29, 0.717) is 27.0 Å². The van der Waals surface area contributed by atoms with E-state index < -0.39 is 11.5 Å². The van der Waals surface area contributed by atoms with Gasteiger partial charge in [-0.2, -0.15) is 4.98 Å². The number of H-pyrrole nitrogens is 1. The van der Waals surface area contributed by atoms with Gasteiger partial charge in [0.05, 0.1) is 21.9 Å². The maximum Gasteiger partial charge on any atom is 0.346 e. The molecular weight excluding hydrogens is 533 g/mol. The quantitative estimate of drug-likeness (QED) is 0.284. The second kappa shape index (κ2) is 9.55. The van der Waals surface area contributed by atoms with Gasteiger partial charge in [-0.05, 0) is 45.9 Å². The van der Waals surface area contributed by atoms with Crippen LogP contribution in [0.2, 0.25) is 10.0 Å². The topological polar surface area (TPSA) is 86.9 Å². The Morgan fingerprint density at radius 1 is 1.17 bits per heavy atom. The van der Waals surface area contributed by atoms with Crippen LogP contribution in [-0.4, -0.2) is 13.8 Å². The van der Waals surface area contributed by atoms with Crippen molar-refractivity contribution in [2.75, 3.05) is 10.6 Å². The molecule has 0 saturated carbocycles. The van der Waals surface area contributed by atoms with Gasteiger partial charge in [0.2, 0.25) is 0 Å². The molecule has 0 aliphatic rings. The first kappa shape index (κ1) is 21.5. The van der Waals surface area contributed by atoms with Crippen molar-refractivity contribution in [1.29, 1.82) is 0 Å². The Labute approximate surface area is 189 Å². The highest BCUT2D eigenvalue weighted by molar-refractivity contribution is 14.1. The summed E-state index contributed by atoms with van der Waals surface area (Å²) in [6.07, 6.45) is 1.10. The van der Waals surface area contributed by atoms with Crippen LogP contribution in [0.4, 0.5) is 21.6 Å². The molecule has 0 aliphatic carbocycles. The van der Waals surface area contributed by atoms with Gasteiger partial charge in [0.15, 0.2) is 9.61 Å². The maximum absolute atomic E-state index is 13.8. The van der Waals surface area contributed by atoms with E-state index in [1.807, 2.05) is 24.3 Å². The number of rotatable bonds is 7. The number of aromatic amines is 1. The molecule has 0 fully saturated rings. The van der Waals surface area contributed by atoms with Gasteiger partial charge in [0.1, 0.15) is 5.82 Å². The van der Waals surface area contributed by atoms with E-state index in [1.165, 1.54) is 0 Å². The number of anilines is 3. The average Bonchev–Trinajstić information content (AvgIpc) is 2.68. The van der Waals surface area contributed by atoms with Crippen LogP contribution < -0.4 is 16.3 Å². The highest BCUT2D eigenvalue weighted by atomic mass is 127. The van der Waals surface area contributed by atoms with E-state index in [1.54, 1.807) is 34.7 Å². The highest BCUT2D eigenvalue weighted by Crippen LogP contribution is 2.36. The second-order valence-electron chi connectivity index (χ2n) is 5.97. The lowest BCUT2D eigenvalue weighted by Gasteiger charge is -2.16. The van der Waals surface area contributed by atoms with Crippen LogP contribution in [0.15, 0.2) is 47.4 Å². The normalized spacial score (nSPS) is 10.6. The van der Waals surface area contributed by atoms with E-state index in [0.717, 1.165) is 11.8 Å². The minimum Gasteiger partial charge on any atom is -0.365 e. The molecule has 0 unspecified atom stereocenters. The fourth-order valence-electron chi connectivity index (χ4n) is 2.62. The van der Waals surface area contributed by atoms with E-state index in [9.17, 15) is 14.0 Å². The van der Waals surface area contributed by atoms with Crippen molar-refractivity contribution in [2.45, 2.75) is 13.0 Å². The Balaban J connectivity index is 1.87. The number of hydrogen-bond acceptors (Lipinski definition) is 5. The molecule has 3 N–H and O–H groups in total. The third-order valence-electron chi connectivity index (χ3n) is 4.00. The Morgan fingerprint density at radius 3 is 2.69 bits per heavy atom. The molecule has 1 aromatic heterocycles. The number of carbonyl (C=O) groups is 1. The minimum atomic E-state index is -0.689. The zero-order valence-corrected chi connectivity index (χ0v) is 18.4. The van der Waals surface area contributed by atoms with E-state index in [2.05, 4.69) is 20.6 Å². The van der Waals surface area contributed by atoms with Crippen LogP contribution in [0.1, 0.15) is 11.1 Å². The van der Waals surface area contributed by atoms with Crippen molar-refractivity contribution in [3.63, 3.8) is 0 Å². The monoisotopic (exact) mass is 546 g/mol. The first-order valence-electron chi connectivity index (χ1n) is 8.34. The maximum atomic E-state index is 13.8. The highest BCUT2D eigenvalue weighted by Gasteiger charge is 2.14. The summed E-state index contributed by atoms with van der Waals surface area (Å²) in [5.74, 6) is -0.776. The van der Waals surface area contributed by atoms with E-state index in [4.69, 9.17) is 23.2 Å². The molecule has 1 heterocycles. The van der Waals surface area contributed by atoms with Crippen molar-refractivity contribution in [1.82, 2.24) is 9.97 Å². The Bertz CT molecular complexity index is 1120. The first-order valence-corrected chi connectivity index (χ1v) is 10.2. The lowest BCUT2D eigenvalue weighted by Crippen LogP contribution is -2.15. The predicted octanol–water partition coefficient (Wildman–Crippen LogP) is 5.08. The number of para-hydroxylation sites is 1. The SMILES string of the molecule is O=C(I)Cc1ccccc1Nc1c(Cl)ccc(CNc2[nH]c(=O)ncc2F)c1Cl. The number of aromatic nitrogens is 2. The summed E-state index contributed by atoms with van der Waals surface area (Å²) in [6, 6.07) is 10.7. The third kappa shape index (κ3) is 5.46. The first-order chi connectivity index (χ1) is 13.8. The molecule has 0 radical (unpaired) electrons. The van der Waals surface area contributed by atoms with Crippen LogP contribution in [-0.2, 0) is 17.8 Å². The molecule has 0 aliphatic heterocycles.